The molecule has 1 aromatic rings. The summed E-state index contributed by atoms with van der Waals surface area (Å²) in [6.07, 6.45) is 3.94. The van der Waals surface area contributed by atoms with E-state index in [-0.39, 0.29) is 23.8 Å². The van der Waals surface area contributed by atoms with Crippen LogP contribution in [0.15, 0.2) is 24.3 Å². The first-order valence-corrected chi connectivity index (χ1v) is 8.67. The van der Waals surface area contributed by atoms with Gasteiger partial charge in [-0.25, -0.2) is 0 Å². The lowest BCUT2D eigenvalue weighted by molar-refractivity contribution is -0.134. The first-order chi connectivity index (χ1) is 11.0. The summed E-state index contributed by atoms with van der Waals surface area (Å²) in [6.45, 7) is 5.08. The molecule has 0 radical (unpaired) electrons. The molecule has 1 saturated heterocycles. The average Bonchev–Trinajstić information content (AvgIpc) is 3.38. The normalized spacial score (nSPS) is 20.2. The van der Waals surface area contributed by atoms with Crippen LogP contribution in [0.5, 0.6) is 0 Å². The van der Waals surface area contributed by atoms with Crippen LogP contribution in [0.1, 0.15) is 49.8 Å². The minimum atomic E-state index is 0.0392. The maximum atomic E-state index is 12.6. The molecule has 1 N–H and O–H groups in total. The molecule has 23 heavy (non-hydrogen) atoms. The quantitative estimate of drug-likeness (QED) is 0.929. The standard InChI is InChI=1S/C19H26N2O2/c1-13-3-5-15(6-4-13)18(16-7-8-16)20-19(23)17-9-11-21(12-10-17)14(2)22/h3-6,16-18H,7-12H2,1-2H3,(H,20,23). The molecule has 0 aromatic heterocycles. The van der Waals surface area contributed by atoms with E-state index in [2.05, 4.69) is 36.5 Å². The van der Waals surface area contributed by atoms with Gasteiger partial charge in [0.15, 0.2) is 0 Å². The smallest absolute Gasteiger partial charge is 0.223 e. The lowest BCUT2D eigenvalue weighted by atomic mass is 9.94. The lowest BCUT2D eigenvalue weighted by Gasteiger charge is -2.31. The van der Waals surface area contributed by atoms with E-state index in [0.29, 0.717) is 19.0 Å². The molecule has 1 aromatic carbocycles. The highest BCUT2D eigenvalue weighted by Gasteiger charge is 2.35. The highest BCUT2D eigenvalue weighted by Crippen LogP contribution is 2.41. The third-order valence-corrected chi connectivity index (χ3v) is 5.14. The molecule has 1 heterocycles. The Morgan fingerprint density at radius 1 is 1.09 bits per heavy atom. The maximum absolute atomic E-state index is 12.6. The number of carbonyl (C=O) groups excluding carboxylic acids is 2. The molecule has 2 amide bonds. The molecule has 3 rings (SSSR count). The molecule has 1 saturated carbocycles. The number of nitrogens with one attached hydrogen (secondary N) is 1. The molecule has 2 aliphatic rings. The summed E-state index contributed by atoms with van der Waals surface area (Å²) >= 11 is 0. The summed E-state index contributed by atoms with van der Waals surface area (Å²) in [5.74, 6) is 0.890. The second-order valence-electron chi connectivity index (χ2n) is 7.01. The predicted molar refractivity (Wildman–Crippen MR) is 89.8 cm³/mol. The fraction of sp³-hybridized carbons (Fsp3) is 0.579. The van der Waals surface area contributed by atoms with Gasteiger partial charge in [0.25, 0.3) is 0 Å². The van der Waals surface area contributed by atoms with Crippen LogP contribution in [0.3, 0.4) is 0 Å². The first-order valence-electron chi connectivity index (χ1n) is 8.67. The highest BCUT2D eigenvalue weighted by molar-refractivity contribution is 5.80. The Labute approximate surface area is 138 Å². The van der Waals surface area contributed by atoms with E-state index in [1.54, 1.807) is 6.92 Å². The fourth-order valence-electron chi connectivity index (χ4n) is 3.40. The zero-order chi connectivity index (χ0) is 16.4. The van der Waals surface area contributed by atoms with Crippen molar-refractivity contribution in [1.29, 1.82) is 0 Å². The Morgan fingerprint density at radius 3 is 2.22 bits per heavy atom. The van der Waals surface area contributed by atoms with Gasteiger partial charge in [-0.3, -0.25) is 9.59 Å². The van der Waals surface area contributed by atoms with Crippen LogP contribution >= 0.6 is 0 Å². The van der Waals surface area contributed by atoms with Crippen molar-refractivity contribution in [2.75, 3.05) is 13.1 Å². The zero-order valence-electron chi connectivity index (χ0n) is 14.0. The van der Waals surface area contributed by atoms with Gasteiger partial charge in [-0.15, -0.1) is 0 Å². The molecule has 4 heteroatoms. The van der Waals surface area contributed by atoms with Gasteiger partial charge in [-0.05, 0) is 44.1 Å². The largest absolute Gasteiger partial charge is 0.349 e. The second kappa shape index (κ2) is 6.73. The van der Waals surface area contributed by atoms with Gasteiger partial charge in [0.05, 0.1) is 6.04 Å². The molecular formula is C19H26N2O2. The summed E-state index contributed by atoms with van der Waals surface area (Å²) in [4.78, 5) is 25.9. The van der Waals surface area contributed by atoms with Crippen molar-refractivity contribution in [1.82, 2.24) is 10.2 Å². The number of piperidine rings is 1. The van der Waals surface area contributed by atoms with Crippen LogP contribution in [0, 0.1) is 18.8 Å². The fourth-order valence-corrected chi connectivity index (χ4v) is 3.40. The van der Waals surface area contributed by atoms with Crippen LogP contribution in [0.25, 0.3) is 0 Å². The minimum Gasteiger partial charge on any atom is -0.349 e. The minimum absolute atomic E-state index is 0.0392. The van der Waals surface area contributed by atoms with Gasteiger partial charge in [0.1, 0.15) is 0 Å². The van der Waals surface area contributed by atoms with Gasteiger partial charge in [0.2, 0.25) is 11.8 Å². The van der Waals surface area contributed by atoms with Gasteiger partial charge in [-0.2, -0.15) is 0 Å². The maximum Gasteiger partial charge on any atom is 0.223 e. The molecule has 1 unspecified atom stereocenters. The van der Waals surface area contributed by atoms with Gasteiger partial charge >= 0.3 is 0 Å². The number of aryl methyl sites for hydroxylation is 1. The van der Waals surface area contributed by atoms with E-state index in [1.165, 1.54) is 24.0 Å². The van der Waals surface area contributed by atoms with E-state index in [9.17, 15) is 9.59 Å². The monoisotopic (exact) mass is 314 g/mol. The first kappa shape index (κ1) is 16.0. The van der Waals surface area contributed by atoms with Gasteiger partial charge in [-0.1, -0.05) is 29.8 Å². The molecule has 124 valence electrons. The number of benzene rings is 1. The van der Waals surface area contributed by atoms with E-state index >= 15 is 0 Å². The average molecular weight is 314 g/mol. The summed E-state index contributed by atoms with van der Waals surface area (Å²) in [5, 5.41) is 3.29. The van der Waals surface area contributed by atoms with Gasteiger partial charge in [0, 0.05) is 25.9 Å². The van der Waals surface area contributed by atoms with Crippen molar-refractivity contribution >= 4 is 11.8 Å². The summed E-state index contributed by atoms with van der Waals surface area (Å²) < 4.78 is 0. The number of carbonyl (C=O) groups is 2. The van der Waals surface area contributed by atoms with Crippen molar-refractivity contribution in [2.24, 2.45) is 11.8 Å². The van der Waals surface area contributed by atoms with Gasteiger partial charge < -0.3 is 10.2 Å². The van der Waals surface area contributed by atoms with Crippen LogP contribution < -0.4 is 5.32 Å². The Kier molecular flexibility index (Phi) is 4.69. The Morgan fingerprint density at radius 2 is 1.70 bits per heavy atom. The van der Waals surface area contributed by atoms with Crippen LogP contribution in [-0.4, -0.2) is 29.8 Å². The van der Waals surface area contributed by atoms with Crippen molar-refractivity contribution < 1.29 is 9.59 Å². The highest BCUT2D eigenvalue weighted by atomic mass is 16.2. The molecule has 2 fully saturated rings. The number of hydrogen-bond donors (Lipinski definition) is 1. The van der Waals surface area contributed by atoms with E-state index in [0.717, 1.165) is 12.8 Å². The Balaban J connectivity index is 1.61. The van der Waals surface area contributed by atoms with Crippen LogP contribution in [-0.2, 0) is 9.59 Å². The topological polar surface area (TPSA) is 49.4 Å². The SMILES string of the molecule is CC(=O)N1CCC(C(=O)NC(c2ccc(C)cc2)C2CC2)CC1. The molecule has 1 atom stereocenters. The Bertz CT molecular complexity index is 570. The number of hydrogen-bond acceptors (Lipinski definition) is 2. The molecule has 1 aliphatic carbocycles. The van der Waals surface area contributed by atoms with Crippen molar-refractivity contribution in [2.45, 2.75) is 45.6 Å². The predicted octanol–water partition coefficient (Wildman–Crippen LogP) is 2.82. The number of nitrogens with zero attached hydrogens (tertiary/aromatic N) is 1. The summed E-state index contributed by atoms with van der Waals surface area (Å²) in [5.41, 5.74) is 2.46. The lowest BCUT2D eigenvalue weighted by Crippen LogP contribution is -2.43. The molecular weight excluding hydrogens is 288 g/mol. The Hall–Kier alpha value is -1.84. The van der Waals surface area contributed by atoms with E-state index < -0.39 is 0 Å². The van der Waals surface area contributed by atoms with Crippen LogP contribution in [0.2, 0.25) is 0 Å². The molecule has 4 nitrogen and oxygen atoms in total. The van der Waals surface area contributed by atoms with E-state index in [1.807, 2.05) is 4.90 Å². The van der Waals surface area contributed by atoms with Crippen molar-refractivity contribution in [3.63, 3.8) is 0 Å². The molecule has 0 spiro atoms. The number of amides is 2. The van der Waals surface area contributed by atoms with Crippen LogP contribution in [0.4, 0.5) is 0 Å². The zero-order valence-corrected chi connectivity index (χ0v) is 14.0. The summed E-state index contributed by atoms with van der Waals surface area (Å²) in [6, 6.07) is 8.65. The van der Waals surface area contributed by atoms with Crippen molar-refractivity contribution in [3.8, 4) is 0 Å². The second-order valence-corrected chi connectivity index (χ2v) is 7.01. The third-order valence-electron chi connectivity index (χ3n) is 5.14. The molecule has 1 aliphatic heterocycles. The third kappa shape index (κ3) is 3.92. The summed E-state index contributed by atoms with van der Waals surface area (Å²) in [7, 11) is 0. The molecule has 0 bridgehead atoms. The number of rotatable bonds is 4. The number of likely N-dealkylation sites (tertiary alicyclic amines) is 1. The van der Waals surface area contributed by atoms with Crippen molar-refractivity contribution in [3.05, 3.63) is 35.4 Å². The van der Waals surface area contributed by atoms with E-state index in [4.69, 9.17) is 0 Å².